The van der Waals surface area contributed by atoms with Crippen LogP contribution in [-0.4, -0.2) is 66.0 Å². The summed E-state index contributed by atoms with van der Waals surface area (Å²) >= 11 is 0. The van der Waals surface area contributed by atoms with Gasteiger partial charge in [-0.1, -0.05) is 25.6 Å². The summed E-state index contributed by atoms with van der Waals surface area (Å²) in [7, 11) is -1.44. The number of amides is 1. The van der Waals surface area contributed by atoms with Gasteiger partial charge < -0.3 is 14.4 Å². The Morgan fingerprint density at radius 1 is 1.42 bits per heavy atom. The second-order valence-electron chi connectivity index (χ2n) is 8.65. The Bertz CT molecular complexity index is 679. The smallest absolute Gasteiger partial charge is 0.410 e. The van der Waals surface area contributed by atoms with E-state index in [2.05, 4.69) is 41.3 Å². The highest BCUT2D eigenvalue weighted by molar-refractivity contribution is 6.83. The number of hydrogen-bond donors (Lipinski definition) is 0. The predicted molar refractivity (Wildman–Crippen MR) is 102 cm³/mol. The first kappa shape index (κ1) is 20.5. The van der Waals surface area contributed by atoms with Crippen molar-refractivity contribution in [1.82, 2.24) is 19.9 Å². The summed E-state index contributed by atoms with van der Waals surface area (Å²) in [5.41, 5.74) is 3.47. The fraction of sp³-hybridized carbons (Fsp3) is 0.722. The zero-order chi connectivity index (χ0) is 19.4. The lowest BCUT2D eigenvalue weighted by Gasteiger charge is -2.27. The van der Waals surface area contributed by atoms with E-state index in [4.69, 9.17) is 9.47 Å². The van der Waals surface area contributed by atoms with Crippen LogP contribution in [0.2, 0.25) is 19.6 Å². The largest absolute Gasteiger partial charge is 0.444 e. The minimum absolute atomic E-state index is 0.107. The molecule has 1 fully saturated rings. The Morgan fingerprint density at radius 2 is 2.15 bits per heavy atom. The number of aromatic nitrogens is 3. The first-order valence-corrected chi connectivity index (χ1v) is 12.5. The van der Waals surface area contributed by atoms with Crippen LogP contribution in [0.15, 0.2) is 6.20 Å². The molecule has 0 bridgehead atoms. The Hall–Kier alpha value is -1.85. The summed E-state index contributed by atoms with van der Waals surface area (Å²) < 4.78 is 11.1. The topological polar surface area (TPSA) is 69.5 Å². The quantitative estimate of drug-likeness (QED) is 0.584. The summed E-state index contributed by atoms with van der Waals surface area (Å²) in [6.45, 7) is 14.9. The lowest BCUT2D eigenvalue weighted by atomic mass is 10.1. The molecule has 144 valence electrons. The number of carbonyl (C=O) groups excluding carboxylic acids is 1. The minimum Gasteiger partial charge on any atom is -0.444 e. The van der Waals surface area contributed by atoms with Crippen LogP contribution >= 0.6 is 0 Å². The maximum atomic E-state index is 12.3. The van der Waals surface area contributed by atoms with Crippen molar-refractivity contribution in [2.24, 2.45) is 5.92 Å². The molecule has 1 aromatic heterocycles. The van der Waals surface area contributed by atoms with Crippen molar-refractivity contribution in [2.75, 3.05) is 26.3 Å². The second kappa shape index (κ2) is 8.23. The Kier molecular flexibility index (Phi) is 6.47. The van der Waals surface area contributed by atoms with Gasteiger partial charge in [-0.15, -0.1) is 10.6 Å². The molecular formula is C18H30N4O3Si. The molecule has 0 saturated carbocycles. The predicted octanol–water partition coefficient (Wildman–Crippen LogP) is 2.39. The SMILES string of the molecule is CC(C)(C)OC(=O)N1CCOCC(Cn2ncc(C#C[Si](C)(C)C)n2)C1. The highest BCUT2D eigenvalue weighted by atomic mass is 28.3. The second-order valence-corrected chi connectivity index (χ2v) is 13.4. The molecule has 1 amide bonds. The molecule has 26 heavy (non-hydrogen) atoms. The van der Waals surface area contributed by atoms with E-state index in [1.165, 1.54) is 0 Å². The standard InChI is InChI=1S/C18H30N4O3Si/c1-18(2,3)25-17(23)21-8-9-24-14-15(12-21)13-22-19-11-16(20-22)7-10-26(4,5)6/h11,15H,8-9,12-14H2,1-6H3. The number of carbonyl (C=O) groups is 1. The first-order valence-electron chi connectivity index (χ1n) is 9.01. The van der Waals surface area contributed by atoms with Crippen LogP contribution < -0.4 is 0 Å². The molecule has 2 rings (SSSR count). The van der Waals surface area contributed by atoms with E-state index in [0.717, 1.165) is 0 Å². The van der Waals surface area contributed by atoms with Gasteiger partial charge in [0.2, 0.25) is 0 Å². The van der Waals surface area contributed by atoms with Crippen molar-refractivity contribution in [3.05, 3.63) is 11.9 Å². The van der Waals surface area contributed by atoms with Crippen LogP contribution in [0.3, 0.4) is 0 Å². The van der Waals surface area contributed by atoms with Crippen LogP contribution in [0.25, 0.3) is 0 Å². The Labute approximate surface area is 157 Å². The van der Waals surface area contributed by atoms with Crippen molar-refractivity contribution >= 4 is 14.2 Å². The maximum absolute atomic E-state index is 12.3. The molecule has 1 aliphatic heterocycles. The molecule has 8 heteroatoms. The van der Waals surface area contributed by atoms with E-state index in [9.17, 15) is 4.79 Å². The third kappa shape index (κ3) is 7.18. The van der Waals surface area contributed by atoms with Gasteiger partial charge in [-0.05, 0) is 20.8 Å². The summed E-state index contributed by atoms with van der Waals surface area (Å²) in [6.07, 6.45) is 1.39. The molecule has 1 saturated heterocycles. The van der Waals surface area contributed by atoms with Crippen molar-refractivity contribution < 1.29 is 14.3 Å². The highest BCUT2D eigenvalue weighted by Gasteiger charge is 2.27. The Morgan fingerprint density at radius 3 is 2.81 bits per heavy atom. The molecule has 1 aromatic rings. The van der Waals surface area contributed by atoms with Crippen molar-refractivity contribution in [1.29, 1.82) is 0 Å². The van der Waals surface area contributed by atoms with Gasteiger partial charge in [0.15, 0.2) is 5.69 Å². The maximum Gasteiger partial charge on any atom is 0.410 e. The normalized spacial score (nSPS) is 18.7. The average Bonchev–Trinajstić information content (AvgIpc) is 2.79. The molecule has 1 aliphatic rings. The van der Waals surface area contributed by atoms with Gasteiger partial charge in [-0.25, -0.2) is 4.79 Å². The summed E-state index contributed by atoms with van der Waals surface area (Å²) in [6, 6.07) is 0. The number of ether oxygens (including phenoxy) is 2. The first-order chi connectivity index (χ1) is 12.0. The fourth-order valence-corrected chi connectivity index (χ4v) is 2.91. The molecule has 0 radical (unpaired) electrons. The van der Waals surface area contributed by atoms with Gasteiger partial charge in [-0.3, -0.25) is 0 Å². The molecule has 1 atom stereocenters. The number of hydrogen-bond acceptors (Lipinski definition) is 5. The highest BCUT2D eigenvalue weighted by Crippen LogP contribution is 2.14. The molecule has 7 nitrogen and oxygen atoms in total. The molecule has 0 spiro atoms. The van der Waals surface area contributed by atoms with Gasteiger partial charge in [0, 0.05) is 19.0 Å². The zero-order valence-corrected chi connectivity index (χ0v) is 17.7. The fourth-order valence-electron chi connectivity index (χ4n) is 2.41. The van der Waals surface area contributed by atoms with Crippen LogP contribution in [0.4, 0.5) is 4.79 Å². The lowest BCUT2D eigenvalue weighted by molar-refractivity contribution is 0.0230. The van der Waals surface area contributed by atoms with Gasteiger partial charge in [0.05, 0.1) is 26.0 Å². The van der Waals surface area contributed by atoms with Crippen molar-refractivity contribution in [2.45, 2.75) is 52.6 Å². The van der Waals surface area contributed by atoms with E-state index in [-0.39, 0.29) is 12.0 Å². The lowest BCUT2D eigenvalue weighted by Crippen LogP contribution is -2.40. The molecule has 1 unspecified atom stereocenters. The van der Waals surface area contributed by atoms with Crippen LogP contribution in [0, 0.1) is 17.4 Å². The molecule has 0 aliphatic carbocycles. The molecular weight excluding hydrogens is 348 g/mol. The third-order valence-corrected chi connectivity index (χ3v) is 4.39. The monoisotopic (exact) mass is 378 g/mol. The van der Waals surface area contributed by atoms with E-state index < -0.39 is 13.7 Å². The van der Waals surface area contributed by atoms with E-state index in [1.807, 2.05) is 20.8 Å². The third-order valence-electron chi connectivity index (χ3n) is 3.51. The van der Waals surface area contributed by atoms with Crippen LogP contribution in [0.1, 0.15) is 26.5 Å². The summed E-state index contributed by atoms with van der Waals surface area (Å²) in [4.78, 5) is 15.7. The molecule has 0 N–H and O–H groups in total. The van der Waals surface area contributed by atoms with Crippen molar-refractivity contribution in [3.63, 3.8) is 0 Å². The summed E-state index contributed by atoms with van der Waals surface area (Å²) in [5.74, 6) is 3.22. The van der Waals surface area contributed by atoms with Crippen molar-refractivity contribution in [3.8, 4) is 11.5 Å². The van der Waals surface area contributed by atoms with Gasteiger partial charge in [0.25, 0.3) is 0 Å². The molecule has 2 heterocycles. The van der Waals surface area contributed by atoms with E-state index in [1.54, 1.807) is 15.9 Å². The van der Waals surface area contributed by atoms with Gasteiger partial charge >= 0.3 is 6.09 Å². The van der Waals surface area contributed by atoms with Crippen LogP contribution in [0.5, 0.6) is 0 Å². The van der Waals surface area contributed by atoms with Gasteiger partial charge in [-0.2, -0.15) is 9.90 Å². The minimum atomic E-state index is -1.44. The Balaban J connectivity index is 1.99. The number of rotatable bonds is 2. The zero-order valence-electron chi connectivity index (χ0n) is 16.7. The van der Waals surface area contributed by atoms with Crippen LogP contribution in [-0.2, 0) is 16.0 Å². The average molecular weight is 379 g/mol. The summed E-state index contributed by atoms with van der Waals surface area (Å²) in [5, 5.41) is 8.73. The number of nitrogens with zero attached hydrogens (tertiary/aromatic N) is 4. The van der Waals surface area contributed by atoms with Gasteiger partial charge in [0.1, 0.15) is 13.7 Å². The van der Waals surface area contributed by atoms with E-state index >= 15 is 0 Å². The van der Waals surface area contributed by atoms with E-state index in [0.29, 0.717) is 38.5 Å². The molecule has 0 aromatic carbocycles.